The molecule has 0 saturated carbocycles. The molecule has 1 aliphatic rings. The lowest BCUT2D eigenvalue weighted by molar-refractivity contribution is 0.318. The van der Waals surface area contributed by atoms with E-state index in [0.717, 1.165) is 30.7 Å². The fraction of sp³-hybridized carbons (Fsp3) is 0.357. The predicted octanol–water partition coefficient (Wildman–Crippen LogP) is 1.55. The van der Waals surface area contributed by atoms with Crippen molar-refractivity contribution in [3.63, 3.8) is 0 Å². The largest absolute Gasteiger partial charge is 0.409 e. The molecule has 1 aliphatic carbocycles. The second kappa shape index (κ2) is 4.96. The molecule has 6 nitrogen and oxygen atoms in total. The maximum atomic E-state index is 8.93. The number of aromatic nitrogens is 3. The van der Waals surface area contributed by atoms with Crippen LogP contribution in [0.4, 0.5) is 0 Å². The summed E-state index contributed by atoms with van der Waals surface area (Å²) in [6.07, 6.45) is 6.11. The summed E-state index contributed by atoms with van der Waals surface area (Å²) in [4.78, 5) is 9.01. The first kappa shape index (κ1) is 12.7. The molecule has 0 atom stereocenters. The van der Waals surface area contributed by atoms with Gasteiger partial charge in [0, 0.05) is 11.4 Å². The van der Waals surface area contributed by atoms with Crippen LogP contribution in [0.15, 0.2) is 23.6 Å². The Labute approximate surface area is 117 Å². The van der Waals surface area contributed by atoms with Gasteiger partial charge in [-0.05, 0) is 44.7 Å². The minimum Gasteiger partial charge on any atom is -0.409 e. The van der Waals surface area contributed by atoms with Gasteiger partial charge in [0.05, 0.1) is 11.3 Å². The fourth-order valence-corrected chi connectivity index (χ4v) is 2.63. The molecule has 3 rings (SSSR count). The van der Waals surface area contributed by atoms with Crippen molar-refractivity contribution in [2.24, 2.45) is 10.9 Å². The Bertz CT molecular complexity index is 674. The number of hydrogen-bond donors (Lipinski definition) is 2. The van der Waals surface area contributed by atoms with E-state index in [0.29, 0.717) is 11.4 Å². The van der Waals surface area contributed by atoms with Crippen molar-refractivity contribution in [2.45, 2.75) is 32.6 Å². The van der Waals surface area contributed by atoms with Gasteiger partial charge in [-0.3, -0.25) is 4.57 Å². The smallest absolute Gasteiger partial charge is 0.173 e. The van der Waals surface area contributed by atoms with Gasteiger partial charge >= 0.3 is 0 Å². The van der Waals surface area contributed by atoms with E-state index in [2.05, 4.69) is 15.1 Å². The van der Waals surface area contributed by atoms with E-state index < -0.39 is 0 Å². The predicted molar refractivity (Wildman–Crippen MR) is 75.2 cm³/mol. The number of amidine groups is 1. The second-order valence-electron chi connectivity index (χ2n) is 5.02. The summed E-state index contributed by atoms with van der Waals surface area (Å²) in [5, 5.41) is 12.0. The van der Waals surface area contributed by atoms with Crippen LogP contribution in [0.2, 0.25) is 0 Å². The number of aryl methyl sites for hydroxylation is 2. The van der Waals surface area contributed by atoms with Crippen molar-refractivity contribution in [3.8, 4) is 5.82 Å². The number of nitrogens with zero attached hydrogens (tertiary/aromatic N) is 4. The van der Waals surface area contributed by atoms with Crippen molar-refractivity contribution < 1.29 is 5.21 Å². The molecular formula is C14H17N5O. The van der Waals surface area contributed by atoms with Crippen LogP contribution in [0.3, 0.4) is 0 Å². The number of oxime groups is 1. The Morgan fingerprint density at radius 2 is 2.15 bits per heavy atom. The number of rotatable bonds is 2. The summed E-state index contributed by atoms with van der Waals surface area (Å²) < 4.78 is 1.97. The zero-order valence-electron chi connectivity index (χ0n) is 11.4. The van der Waals surface area contributed by atoms with Crippen LogP contribution in [0.5, 0.6) is 0 Å². The summed E-state index contributed by atoms with van der Waals surface area (Å²) in [5.41, 5.74) is 9.56. The van der Waals surface area contributed by atoms with Crippen molar-refractivity contribution in [2.75, 3.05) is 0 Å². The Morgan fingerprint density at radius 1 is 1.35 bits per heavy atom. The third kappa shape index (κ3) is 2.03. The van der Waals surface area contributed by atoms with E-state index in [1.165, 1.54) is 12.1 Å². The molecule has 0 bridgehead atoms. The summed E-state index contributed by atoms with van der Waals surface area (Å²) in [6, 6.07) is 3.67. The lowest BCUT2D eigenvalue weighted by Crippen LogP contribution is -2.19. The third-order valence-electron chi connectivity index (χ3n) is 3.66. The van der Waals surface area contributed by atoms with Gasteiger partial charge in [-0.2, -0.15) is 0 Å². The standard InChI is InChI=1S/C14H17N5O/c1-9-6-7-10(13(15)18-20)14(17-9)19-8-16-11-4-2-3-5-12(11)19/h6-8,20H,2-5H2,1H3,(H2,15,18). The van der Waals surface area contributed by atoms with Crippen LogP contribution < -0.4 is 5.73 Å². The Morgan fingerprint density at radius 3 is 2.95 bits per heavy atom. The number of fused-ring (bicyclic) bond motifs is 1. The van der Waals surface area contributed by atoms with Gasteiger partial charge in [0.25, 0.3) is 0 Å². The normalized spacial score (nSPS) is 15.2. The van der Waals surface area contributed by atoms with E-state index in [9.17, 15) is 0 Å². The number of pyridine rings is 1. The number of imidazole rings is 1. The molecule has 0 saturated heterocycles. The van der Waals surface area contributed by atoms with Gasteiger partial charge in [0.15, 0.2) is 5.84 Å². The molecule has 0 spiro atoms. The molecule has 2 heterocycles. The highest BCUT2D eigenvalue weighted by Crippen LogP contribution is 2.24. The summed E-state index contributed by atoms with van der Waals surface area (Å²) in [5.74, 6) is 0.738. The molecular weight excluding hydrogens is 254 g/mol. The van der Waals surface area contributed by atoms with Crippen LogP contribution in [-0.2, 0) is 12.8 Å². The summed E-state index contributed by atoms with van der Waals surface area (Å²) in [6.45, 7) is 1.92. The highest BCUT2D eigenvalue weighted by Gasteiger charge is 2.19. The first-order valence-electron chi connectivity index (χ1n) is 6.71. The topological polar surface area (TPSA) is 89.3 Å². The monoisotopic (exact) mass is 271 g/mol. The maximum Gasteiger partial charge on any atom is 0.173 e. The Kier molecular flexibility index (Phi) is 3.14. The highest BCUT2D eigenvalue weighted by atomic mass is 16.4. The zero-order chi connectivity index (χ0) is 14.1. The van der Waals surface area contributed by atoms with Crippen molar-refractivity contribution in [3.05, 3.63) is 41.1 Å². The molecule has 0 aliphatic heterocycles. The first-order valence-corrected chi connectivity index (χ1v) is 6.71. The van der Waals surface area contributed by atoms with Crippen LogP contribution >= 0.6 is 0 Å². The van der Waals surface area contributed by atoms with Crippen molar-refractivity contribution >= 4 is 5.84 Å². The molecule has 2 aromatic rings. The number of hydrogen-bond acceptors (Lipinski definition) is 4. The van der Waals surface area contributed by atoms with Gasteiger partial charge in [0.2, 0.25) is 0 Å². The Hall–Kier alpha value is -2.37. The maximum absolute atomic E-state index is 8.93. The highest BCUT2D eigenvalue weighted by molar-refractivity contribution is 5.99. The number of nitrogens with two attached hydrogens (primary N) is 1. The van der Waals surface area contributed by atoms with Gasteiger partial charge in [-0.25, -0.2) is 9.97 Å². The quantitative estimate of drug-likeness (QED) is 0.375. The molecule has 0 aromatic carbocycles. The molecule has 0 fully saturated rings. The van der Waals surface area contributed by atoms with Gasteiger partial charge in [0.1, 0.15) is 12.1 Å². The average molecular weight is 271 g/mol. The van der Waals surface area contributed by atoms with Gasteiger partial charge in [-0.15, -0.1) is 0 Å². The first-order chi connectivity index (χ1) is 9.70. The molecule has 6 heteroatoms. The van der Waals surface area contributed by atoms with Gasteiger partial charge in [-0.1, -0.05) is 5.16 Å². The zero-order valence-corrected chi connectivity index (χ0v) is 11.4. The minimum atomic E-state index is 0.0609. The minimum absolute atomic E-state index is 0.0609. The summed E-state index contributed by atoms with van der Waals surface area (Å²) >= 11 is 0. The molecule has 20 heavy (non-hydrogen) atoms. The van der Waals surface area contributed by atoms with E-state index in [4.69, 9.17) is 10.9 Å². The second-order valence-corrected chi connectivity index (χ2v) is 5.02. The van der Waals surface area contributed by atoms with E-state index in [1.807, 2.05) is 23.6 Å². The molecule has 0 unspecified atom stereocenters. The lowest BCUT2D eigenvalue weighted by atomic mass is 10.0. The Balaban J connectivity index is 2.19. The summed E-state index contributed by atoms with van der Waals surface area (Å²) in [7, 11) is 0. The van der Waals surface area contributed by atoms with Crippen LogP contribution in [0, 0.1) is 6.92 Å². The van der Waals surface area contributed by atoms with Crippen molar-refractivity contribution in [1.29, 1.82) is 0 Å². The van der Waals surface area contributed by atoms with E-state index in [-0.39, 0.29) is 5.84 Å². The fourth-order valence-electron chi connectivity index (χ4n) is 2.63. The lowest BCUT2D eigenvalue weighted by Gasteiger charge is -2.15. The average Bonchev–Trinajstić information content (AvgIpc) is 2.90. The van der Waals surface area contributed by atoms with Crippen LogP contribution in [0.25, 0.3) is 5.82 Å². The third-order valence-corrected chi connectivity index (χ3v) is 3.66. The SMILES string of the molecule is Cc1ccc(/C(N)=N/O)c(-n2cnc3c2CCCC3)n1. The molecule has 104 valence electrons. The molecule has 0 radical (unpaired) electrons. The van der Waals surface area contributed by atoms with E-state index in [1.54, 1.807) is 6.33 Å². The van der Waals surface area contributed by atoms with Crippen LogP contribution in [-0.4, -0.2) is 25.6 Å². The van der Waals surface area contributed by atoms with Crippen LogP contribution in [0.1, 0.15) is 35.5 Å². The molecule has 2 aromatic heterocycles. The van der Waals surface area contributed by atoms with Gasteiger partial charge < -0.3 is 10.9 Å². The molecule has 3 N–H and O–H groups in total. The van der Waals surface area contributed by atoms with E-state index >= 15 is 0 Å². The molecule has 0 amide bonds. The van der Waals surface area contributed by atoms with Crippen molar-refractivity contribution in [1.82, 2.24) is 14.5 Å².